The third kappa shape index (κ3) is 2.72. The minimum atomic E-state index is -0.544. The second-order valence-corrected chi connectivity index (χ2v) is 5.67. The summed E-state index contributed by atoms with van der Waals surface area (Å²) >= 11 is 0. The number of nitro benzene ring substituents is 1. The second kappa shape index (κ2) is 5.99. The number of nitrogens with zero attached hydrogens (tertiary/aromatic N) is 2. The quantitative estimate of drug-likeness (QED) is 0.527. The van der Waals surface area contributed by atoms with E-state index in [9.17, 15) is 10.1 Å². The van der Waals surface area contributed by atoms with E-state index < -0.39 is 11.2 Å². The normalized spacial score (nSPS) is 17.5. The van der Waals surface area contributed by atoms with Gasteiger partial charge in [-0.25, -0.2) is 4.98 Å². The highest BCUT2D eigenvalue weighted by molar-refractivity contribution is 5.86. The molecule has 1 aliphatic heterocycles. The molecule has 6 heteroatoms. The highest BCUT2D eigenvalue weighted by atomic mass is 16.7. The average Bonchev–Trinajstić information content (AvgIpc) is 2.97. The molecule has 0 saturated heterocycles. The van der Waals surface area contributed by atoms with E-state index in [1.54, 1.807) is 25.3 Å². The van der Waals surface area contributed by atoms with Crippen LogP contribution in [0.15, 0.2) is 54.6 Å². The van der Waals surface area contributed by atoms with Gasteiger partial charge >= 0.3 is 0 Å². The summed E-state index contributed by atoms with van der Waals surface area (Å²) in [5, 5.41) is 12.0. The van der Waals surface area contributed by atoms with Crippen LogP contribution in [0.3, 0.4) is 0 Å². The van der Waals surface area contributed by atoms with Gasteiger partial charge in [0.2, 0.25) is 6.29 Å². The van der Waals surface area contributed by atoms with Crippen LogP contribution in [0.5, 0.6) is 0 Å². The highest BCUT2D eigenvalue weighted by Crippen LogP contribution is 2.40. The van der Waals surface area contributed by atoms with Gasteiger partial charge in [0.15, 0.2) is 0 Å². The Bertz CT molecular complexity index is 1010. The number of methoxy groups -OCH3 is 1. The SMILES string of the molecule is COC1O/C(=C\c2cccc([N+](=O)[O-])c2)c2nc3ccccc3cc21. The Hall–Kier alpha value is -3.25. The number of nitro groups is 1. The molecule has 1 aromatic heterocycles. The minimum Gasteiger partial charge on any atom is -0.458 e. The Morgan fingerprint density at radius 1 is 1.20 bits per heavy atom. The van der Waals surface area contributed by atoms with Crippen molar-refractivity contribution in [3.63, 3.8) is 0 Å². The summed E-state index contributed by atoms with van der Waals surface area (Å²) in [4.78, 5) is 15.2. The molecule has 1 aliphatic rings. The first-order valence-corrected chi connectivity index (χ1v) is 7.71. The summed E-state index contributed by atoms with van der Waals surface area (Å²) < 4.78 is 11.3. The van der Waals surface area contributed by atoms with E-state index in [1.807, 2.05) is 30.3 Å². The molecule has 0 saturated carbocycles. The molecule has 2 aromatic carbocycles. The number of benzene rings is 2. The van der Waals surface area contributed by atoms with Crippen molar-refractivity contribution in [2.75, 3.05) is 7.11 Å². The molecule has 0 aliphatic carbocycles. The number of non-ortho nitro benzene ring substituents is 1. The largest absolute Gasteiger partial charge is 0.458 e. The molecule has 25 heavy (non-hydrogen) atoms. The Kier molecular flexibility index (Phi) is 3.66. The lowest BCUT2D eigenvalue weighted by Gasteiger charge is -2.08. The molecule has 1 atom stereocenters. The van der Waals surface area contributed by atoms with Crippen LogP contribution < -0.4 is 0 Å². The molecule has 0 radical (unpaired) electrons. The fourth-order valence-electron chi connectivity index (χ4n) is 2.90. The summed E-state index contributed by atoms with van der Waals surface area (Å²) in [6.07, 6.45) is 1.20. The lowest BCUT2D eigenvalue weighted by atomic mass is 10.1. The number of fused-ring (bicyclic) bond motifs is 2. The van der Waals surface area contributed by atoms with Crippen molar-refractivity contribution in [3.8, 4) is 0 Å². The average molecular weight is 334 g/mol. The van der Waals surface area contributed by atoms with Crippen LogP contribution in [-0.2, 0) is 9.47 Å². The standard InChI is InChI=1S/C19H14N2O4/c1-24-19-15-11-13-6-2-3-8-16(13)20-18(15)17(25-19)10-12-5-4-7-14(9-12)21(22)23/h2-11,19H,1H3/b17-10-. The molecule has 2 heterocycles. The molecule has 6 nitrogen and oxygen atoms in total. The lowest BCUT2D eigenvalue weighted by Crippen LogP contribution is -1.98. The first-order valence-electron chi connectivity index (χ1n) is 7.71. The molecule has 0 spiro atoms. The highest BCUT2D eigenvalue weighted by Gasteiger charge is 2.30. The maximum absolute atomic E-state index is 11.0. The molecule has 1 unspecified atom stereocenters. The number of ether oxygens (including phenoxy) is 2. The van der Waals surface area contributed by atoms with Crippen molar-refractivity contribution < 1.29 is 14.4 Å². The molecule has 124 valence electrons. The molecule has 0 fully saturated rings. The van der Waals surface area contributed by atoms with Crippen molar-refractivity contribution in [3.05, 3.63) is 81.5 Å². The molecule has 0 bridgehead atoms. The van der Waals surface area contributed by atoms with Gasteiger partial charge in [-0.05, 0) is 23.8 Å². The van der Waals surface area contributed by atoms with Crippen LogP contribution in [0.1, 0.15) is 23.1 Å². The van der Waals surface area contributed by atoms with E-state index in [1.165, 1.54) is 12.1 Å². The van der Waals surface area contributed by atoms with Gasteiger partial charge in [-0.3, -0.25) is 10.1 Å². The van der Waals surface area contributed by atoms with E-state index in [-0.39, 0.29) is 5.69 Å². The second-order valence-electron chi connectivity index (χ2n) is 5.67. The van der Waals surface area contributed by atoms with Gasteiger partial charge in [0, 0.05) is 24.6 Å². The number of rotatable bonds is 3. The van der Waals surface area contributed by atoms with Crippen LogP contribution in [0, 0.1) is 10.1 Å². The Morgan fingerprint density at radius 3 is 2.84 bits per heavy atom. The van der Waals surface area contributed by atoms with Crippen LogP contribution in [-0.4, -0.2) is 17.0 Å². The van der Waals surface area contributed by atoms with Gasteiger partial charge in [0.25, 0.3) is 5.69 Å². The maximum atomic E-state index is 11.0. The monoisotopic (exact) mass is 334 g/mol. The van der Waals surface area contributed by atoms with Gasteiger partial charge in [-0.1, -0.05) is 30.3 Å². The zero-order chi connectivity index (χ0) is 17.4. The zero-order valence-electron chi connectivity index (χ0n) is 13.4. The summed E-state index contributed by atoms with van der Waals surface area (Å²) in [5.74, 6) is 0.535. The fourth-order valence-corrected chi connectivity index (χ4v) is 2.90. The predicted octanol–water partition coefficient (Wildman–Crippen LogP) is 4.32. The molecule has 4 rings (SSSR count). The molecule has 0 N–H and O–H groups in total. The van der Waals surface area contributed by atoms with E-state index in [0.717, 1.165) is 16.5 Å². The molecular weight excluding hydrogens is 320 g/mol. The zero-order valence-corrected chi connectivity index (χ0v) is 13.4. The smallest absolute Gasteiger partial charge is 0.270 e. The van der Waals surface area contributed by atoms with Crippen molar-refractivity contribution in [2.24, 2.45) is 0 Å². The first-order chi connectivity index (χ1) is 12.2. The summed E-state index contributed by atoms with van der Waals surface area (Å²) in [6.45, 7) is 0. The van der Waals surface area contributed by atoms with E-state index in [2.05, 4.69) is 4.98 Å². The number of para-hydroxylation sites is 1. The van der Waals surface area contributed by atoms with Gasteiger partial charge in [0.1, 0.15) is 11.5 Å². The van der Waals surface area contributed by atoms with Crippen LogP contribution in [0.2, 0.25) is 0 Å². The minimum absolute atomic E-state index is 0.0299. The summed E-state index contributed by atoms with van der Waals surface area (Å²) in [5.41, 5.74) is 3.09. The predicted molar refractivity (Wildman–Crippen MR) is 93.5 cm³/mol. The Balaban J connectivity index is 1.84. The van der Waals surface area contributed by atoms with Crippen molar-refractivity contribution in [1.82, 2.24) is 4.98 Å². The van der Waals surface area contributed by atoms with E-state index in [0.29, 0.717) is 17.0 Å². The maximum Gasteiger partial charge on any atom is 0.270 e. The van der Waals surface area contributed by atoms with Crippen LogP contribution >= 0.6 is 0 Å². The van der Waals surface area contributed by atoms with E-state index in [4.69, 9.17) is 9.47 Å². The van der Waals surface area contributed by atoms with Crippen molar-refractivity contribution in [1.29, 1.82) is 0 Å². The lowest BCUT2D eigenvalue weighted by molar-refractivity contribution is -0.384. The number of aromatic nitrogens is 1. The summed E-state index contributed by atoms with van der Waals surface area (Å²) in [7, 11) is 1.57. The van der Waals surface area contributed by atoms with E-state index >= 15 is 0 Å². The topological polar surface area (TPSA) is 74.5 Å². The van der Waals surface area contributed by atoms with Gasteiger partial charge in [0.05, 0.1) is 16.0 Å². The molecule has 0 amide bonds. The Morgan fingerprint density at radius 2 is 2.04 bits per heavy atom. The van der Waals surface area contributed by atoms with Crippen molar-refractivity contribution >= 4 is 28.4 Å². The number of hydrogen-bond acceptors (Lipinski definition) is 5. The van der Waals surface area contributed by atoms with Crippen LogP contribution in [0.25, 0.3) is 22.7 Å². The van der Waals surface area contributed by atoms with Gasteiger partial charge < -0.3 is 9.47 Å². The third-order valence-corrected chi connectivity index (χ3v) is 4.07. The fraction of sp³-hybridized carbons (Fsp3) is 0.105. The number of pyridine rings is 1. The molecule has 3 aromatic rings. The number of hydrogen-bond donors (Lipinski definition) is 0. The van der Waals surface area contributed by atoms with Crippen LogP contribution in [0.4, 0.5) is 5.69 Å². The van der Waals surface area contributed by atoms with Crippen molar-refractivity contribution in [2.45, 2.75) is 6.29 Å². The first kappa shape index (κ1) is 15.3. The summed E-state index contributed by atoms with van der Waals surface area (Å²) in [6, 6.07) is 16.2. The molecular formula is C19H14N2O4. The Labute approximate surface area is 143 Å². The van der Waals surface area contributed by atoms with Gasteiger partial charge in [-0.2, -0.15) is 0 Å². The van der Waals surface area contributed by atoms with Gasteiger partial charge in [-0.15, -0.1) is 0 Å². The third-order valence-electron chi connectivity index (χ3n) is 4.07.